The largest absolute Gasteiger partial charge is 0.466 e. The van der Waals surface area contributed by atoms with E-state index in [2.05, 4.69) is 15.9 Å². The number of hydrogen-bond donors (Lipinski definition) is 0. The summed E-state index contributed by atoms with van der Waals surface area (Å²) in [5.41, 5.74) is 2.77. The predicted molar refractivity (Wildman–Crippen MR) is 95.8 cm³/mol. The van der Waals surface area contributed by atoms with Gasteiger partial charge in [0.2, 0.25) is 5.91 Å². The van der Waals surface area contributed by atoms with E-state index in [0.717, 1.165) is 21.3 Å². The maximum absolute atomic E-state index is 13.0. The molecule has 0 aliphatic carbocycles. The van der Waals surface area contributed by atoms with E-state index in [1.54, 1.807) is 11.8 Å². The van der Waals surface area contributed by atoms with Crippen molar-refractivity contribution in [1.29, 1.82) is 0 Å². The first-order chi connectivity index (χ1) is 11.6. The van der Waals surface area contributed by atoms with Gasteiger partial charge in [-0.05, 0) is 24.6 Å². The van der Waals surface area contributed by atoms with Crippen LogP contribution in [0.3, 0.4) is 0 Å². The summed E-state index contributed by atoms with van der Waals surface area (Å²) in [6.45, 7) is 2.57. The zero-order valence-electron chi connectivity index (χ0n) is 13.4. The van der Waals surface area contributed by atoms with Gasteiger partial charge in [0.05, 0.1) is 25.5 Å². The van der Waals surface area contributed by atoms with Gasteiger partial charge in [-0.15, -0.1) is 0 Å². The van der Waals surface area contributed by atoms with Crippen LogP contribution in [0.4, 0.5) is 5.69 Å². The molecule has 5 heteroatoms. The molecule has 1 aliphatic rings. The first-order valence-corrected chi connectivity index (χ1v) is 8.70. The van der Waals surface area contributed by atoms with E-state index in [-0.39, 0.29) is 18.3 Å². The quantitative estimate of drug-likeness (QED) is 0.727. The van der Waals surface area contributed by atoms with Crippen molar-refractivity contribution in [3.63, 3.8) is 0 Å². The fourth-order valence-corrected chi connectivity index (χ4v) is 3.67. The molecular formula is C19H18BrNO3. The highest BCUT2D eigenvalue weighted by Gasteiger charge is 2.40. The fraction of sp³-hybridized carbons (Fsp3) is 0.263. The van der Waals surface area contributed by atoms with Crippen molar-refractivity contribution in [2.24, 2.45) is 0 Å². The Balaban J connectivity index is 1.94. The van der Waals surface area contributed by atoms with E-state index in [0.29, 0.717) is 13.2 Å². The van der Waals surface area contributed by atoms with E-state index >= 15 is 0 Å². The molecule has 124 valence electrons. The second-order valence-electron chi connectivity index (χ2n) is 5.64. The zero-order chi connectivity index (χ0) is 17.1. The Morgan fingerprint density at radius 2 is 1.92 bits per heavy atom. The van der Waals surface area contributed by atoms with Crippen LogP contribution in [0.5, 0.6) is 0 Å². The normalized spacial score (nSPS) is 16.2. The van der Waals surface area contributed by atoms with E-state index in [9.17, 15) is 9.59 Å². The van der Waals surface area contributed by atoms with Crippen LogP contribution in [-0.2, 0) is 20.9 Å². The highest BCUT2D eigenvalue weighted by Crippen LogP contribution is 2.44. The monoisotopic (exact) mass is 387 g/mol. The number of amides is 1. The Bertz CT molecular complexity index is 760. The molecule has 0 aromatic heterocycles. The van der Waals surface area contributed by atoms with Crippen LogP contribution >= 0.6 is 15.9 Å². The number of carbonyl (C=O) groups excluding carboxylic acids is 2. The summed E-state index contributed by atoms with van der Waals surface area (Å²) in [5.74, 6) is -0.911. The maximum Gasteiger partial charge on any atom is 0.306 e. The highest BCUT2D eigenvalue weighted by molar-refractivity contribution is 9.10. The molecule has 0 bridgehead atoms. The lowest BCUT2D eigenvalue weighted by atomic mass is 9.97. The molecule has 1 atom stereocenters. The number of ether oxygens (including phenoxy) is 1. The van der Waals surface area contributed by atoms with Gasteiger partial charge in [0.1, 0.15) is 0 Å². The number of anilines is 1. The second-order valence-corrected chi connectivity index (χ2v) is 6.50. The van der Waals surface area contributed by atoms with E-state index < -0.39 is 5.92 Å². The van der Waals surface area contributed by atoms with Crippen molar-refractivity contribution in [2.45, 2.75) is 25.8 Å². The molecule has 2 aromatic rings. The van der Waals surface area contributed by atoms with Gasteiger partial charge in [0.25, 0.3) is 0 Å². The van der Waals surface area contributed by atoms with Gasteiger partial charge in [-0.3, -0.25) is 9.59 Å². The Morgan fingerprint density at radius 1 is 1.17 bits per heavy atom. The van der Waals surface area contributed by atoms with Crippen LogP contribution in [0.1, 0.15) is 30.4 Å². The van der Waals surface area contributed by atoms with E-state index in [4.69, 9.17) is 4.74 Å². The van der Waals surface area contributed by atoms with E-state index in [1.165, 1.54) is 0 Å². The molecule has 0 N–H and O–H groups in total. The van der Waals surface area contributed by atoms with Crippen LogP contribution in [-0.4, -0.2) is 18.5 Å². The van der Waals surface area contributed by atoms with Gasteiger partial charge in [0.15, 0.2) is 0 Å². The van der Waals surface area contributed by atoms with Crippen molar-refractivity contribution < 1.29 is 14.3 Å². The van der Waals surface area contributed by atoms with Gasteiger partial charge in [-0.1, -0.05) is 52.3 Å². The lowest BCUT2D eigenvalue weighted by Gasteiger charge is -2.18. The predicted octanol–water partition coefficient (Wildman–Crippen LogP) is 4.03. The average Bonchev–Trinajstić information content (AvgIpc) is 2.83. The first-order valence-electron chi connectivity index (χ1n) is 7.91. The molecule has 1 heterocycles. The standard InChI is InChI=1S/C19H18BrNO3/c1-2-24-17(22)11-14-18-15(20)9-6-10-16(18)21(19(14)23)12-13-7-4-3-5-8-13/h3-10,14H,2,11-12H2,1H3. The van der Waals surface area contributed by atoms with Crippen LogP contribution in [0, 0.1) is 0 Å². The molecule has 0 fully saturated rings. The summed E-state index contributed by atoms with van der Waals surface area (Å²) in [5, 5.41) is 0. The highest BCUT2D eigenvalue weighted by atomic mass is 79.9. The molecule has 4 nitrogen and oxygen atoms in total. The van der Waals surface area contributed by atoms with E-state index in [1.807, 2.05) is 48.5 Å². The summed E-state index contributed by atoms with van der Waals surface area (Å²) in [6, 6.07) is 15.6. The van der Waals surface area contributed by atoms with Gasteiger partial charge in [-0.2, -0.15) is 0 Å². The molecule has 1 unspecified atom stereocenters. The van der Waals surface area contributed by atoms with Crippen molar-refractivity contribution in [3.05, 3.63) is 64.1 Å². The number of carbonyl (C=O) groups is 2. The Hall–Kier alpha value is -2.14. The number of esters is 1. The SMILES string of the molecule is CCOC(=O)CC1C(=O)N(Cc2ccccc2)c2cccc(Br)c21. The lowest BCUT2D eigenvalue weighted by Crippen LogP contribution is -2.29. The number of rotatable bonds is 5. The van der Waals surface area contributed by atoms with Gasteiger partial charge < -0.3 is 9.64 Å². The third kappa shape index (κ3) is 3.22. The van der Waals surface area contributed by atoms with Crippen molar-refractivity contribution in [2.75, 3.05) is 11.5 Å². The average molecular weight is 388 g/mol. The van der Waals surface area contributed by atoms with Crippen molar-refractivity contribution >= 4 is 33.5 Å². The fourth-order valence-electron chi connectivity index (χ4n) is 3.04. The summed E-state index contributed by atoms with van der Waals surface area (Å²) >= 11 is 3.53. The molecule has 0 saturated carbocycles. The smallest absolute Gasteiger partial charge is 0.306 e. The summed E-state index contributed by atoms with van der Waals surface area (Å²) < 4.78 is 5.88. The van der Waals surface area contributed by atoms with Crippen LogP contribution in [0.2, 0.25) is 0 Å². The summed E-state index contributed by atoms with van der Waals surface area (Å²) in [4.78, 5) is 26.6. The molecule has 24 heavy (non-hydrogen) atoms. The second kappa shape index (κ2) is 7.18. The Kier molecular flexibility index (Phi) is 5.00. The van der Waals surface area contributed by atoms with Crippen LogP contribution in [0.15, 0.2) is 53.0 Å². The molecule has 0 spiro atoms. The first kappa shape index (κ1) is 16.7. The number of benzene rings is 2. The van der Waals surface area contributed by atoms with Gasteiger partial charge in [-0.25, -0.2) is 0 Å². The minimum absolute atomic E-state index is 0.0613. The van der Waals surface area contributed by atoms with Crippen molar-refractivity contribution in [1.82, 2.24) is 0 Å². The number of fused-ring (bicyclic) bond motifs is 1. The third-order valence-corrected chi connectivity index (χ3v) is 4.78. The third-order valence-electron chi connectivity index (χ3n) is 4.09. The molecule has 3 rings (SSSR count). The molecule has 0 radical (unpaired) electrons. The minimum Gasteiger partial charge on any atom is -0.466 e. The zero-order valence-corrected chi connectivity index (χ0v) is 15.0. The molecule has 2 aromatic carbocycles. The topological polar surface area (TPSA) is 46.6 Å². The number of hydrogen-bond acceptors (Lipinski definition) is 3. The molecular weight excluding hydrogens is 370 g/mol. The van der Waals surface area contributed by atoms with Crippen molar-refractivity contribution in [3.8, 4) is 0 Å². The van der Waals surface area contributed by atoms with Crippen LogP contribution in [0.25, 0.3) is 0 Å². The summed E-state index contributed by atoms with van der Waals surface area (Å²) in [6.07, 6.45) is 0.0631. The van der Waals surface area contributed by atoms with Crippen LogP contribution < -0.4 is 4.90 Å². The molecule has 1 amide bonds. The number of nitrogens with zero attached hydrogens (tertiary/aromatic N) is 1. The van der Waals surface area contributed by atoms with Gasteiger partial charge in [0, 0.05) is 15.7 Å². The Morgan fingerprint density at radius 3 is 2.62 bits per heavy atom. The summed E-state index contributed by atoms with van der Waals surface area (Å²) in [7, 11) is 0. The maximum atomic E-state index is 13.0. The lowest BCUT2D eigenvalue weighted by molar-refractivity contribution is -0.144. The molecule has 0 saturated heterocycles. The minimum atomic E-state index is -0.502. The van der Waals surface area contributed by atoms with Gasteiger partial charge >= 0.3 is 5.97 Å². The number of halogens is 1. The molecule has 1 aliphatic heterocycles. The Labute approximate surface area is 149 Å².